The van der Waals surface area contributed by atoms with Gasteiger partial charge in [0.1, 0.15) is 5.75 Å². The number of aryl methyl sites for hydroxylation is 1. The van der Waals surface area contributed by atoms with Gasteiger partial charge in [-0.3, -0.25) is 0 Å². The summed E-state index contributed by atoms with van der Waals surface area (Å²) in [5.41, 5.74) is 4.50. The van der Waals surface area contributed by atoms with Gasteiger partial charge >= 0.3 is 35.6 Å². The second-order valence-electron chi connectivity index (χ2n) is 6.74. The Hall–Kier alpha value is -1.80. The molecule has 4 aromatic rings. The van der Waals surface area contributed by atoms with Crippen molar-refractivity contribution in [1.82, 2.24) is 0 Å². The minimum absolute atomic E-state index is 0.352. The van der Waals surface area contributed by atoms with Crippen LogP contribution in [0.25, 0.3) is 0 Å². The van der Waals surface area contributed by atoms with Gasteiger partial charge < -0.3 is 10.0 Å². The molecule has 4 rings (SSSR count). The van der Waals surface area contributed by atoms with Gasteiger partial charge in [0, 0.05) is 22.0 Å². The topological polar surface area (TPSA) is 23.5 Å². The van der Waals surface area contributed by atoms with E-state index in [1.54, 1.807) is 6.07 Å². The summed E-state index contributed by atoms with van der Waals surface area (Å²) in [5.74, 6) is 0.352. The van der Waals surface area contributed by atoms with E-state index in [2.05, 4.69) is 90.7 Å². The molecular formula is C25H22Cl2NOPTi. The summed E-state index contributed by atoms with van der Waals surface area (Å²) in [6, 6.07) is 35.0. The molecule has 0 fully saturated rings. The first-order chi connectivity index (χ1) is 15.1. The Kier molecular flexibility index (Phi) is 9.46. The van der Waals surface area contributed by atoms with E-state index < -0.39 is 17.0 Å². The van der Waals surface area contributed by atoms with Crippen molar-refractivity contribution in [3.8, 4) is 5.75 Å². The zero-order chi connectivity index (χ0) is 22.1. The predicted molar refractivity (Wildman–Crippen MR) is 133 cm³/mol. The third kappa shape index (κ3) is 6.59. The molecule has 31 heavy (non-hydrogen) atoms. The summed E-state index contributed by atoms with van der Waals surface area (Å²) in [6.07, 6.45) is 0. The second-order valence-corrected chi connectivity index (χ2v) is 10.6. The van der Waals surface area contributed by atoms with Crippen molar-refractivity contribution in [3.63, 3.8) is 0 Å². The maximum absolute atomic E-state index is 10.4. The number of phenolic OH excluding ortho intramolecular Hbond substituents is 1. The molecule has 0 aliphatic carbocycles. The van der Waals surface area contributed by atoms with E-state index in [9.17, 15) is 5.11 Å². The van der Waals surface area contributed by atoms with Crippen LogP contribution in [0.4, 0.5) is 17.1 Å². The molecule has 1 atom stereocenters. The average Bonchev–Trinajstić information content (AvgIpc) is 2.80. The van der Waals surface area contributed by atoms with Crippen LogP contribution in [0.2, 0.25) is 0 Å². The number of benzene rings is 4. The van der Waals surface area contributed by atoms with Crippen molar-refractivity contribution in [2.75, 3.05) is 4.90 Å². The predicted octanol–water partition coefficient (Wildman–Crippen LogP) is 7.18. The summed E-state index contributed by atoms with van der Waals surface area (Å²) in [7, 11) is 10.1. The number of aromatic hydroxyl groups is 1. The summed E-state index contributed by atoms with van der Waals surface area (Å²) >= 11 is -0.556. The number of halogens is 2. The number of para-hydroxylation sites is 3. The quantitative estimate of drug-likeness (QED) is 0.231. The molecule has 6 heteroatoms. The number of phenols is 1. The number of rotatable bonds is 5. The van der Waals surface area contributed by atoms with Gasteiger partial charge in [0.15, 0.2) is 0 Å². The van der Waals surface area contributed by atoms with Crippen LogP contribution in [0.5, 0.6) is 5.75 Å². The van der Waals surface area contributed by atoms with Gasteiger partial charge in [-0.1, -0.05) is 74.8 Å². The molecule has 4 aromatic carbocycles. The SMILES string of the molecule is Cc1ccc(O)c(Pc2ccccc2N(c2ccccc2)c2ccccc2)c1.[Cl][Ti][Cl]. The van der Waals surface area contributed by atoms with Gasteiger partial charge in [-0.2, -0.15) is 0 Å². The first-order valence-electron chi connectivity index (χ1n) is 9.66. The van der Waals surface area contributed by atoms with Crippen molar-refractivity contribution in [2.24, 2.45) is 0 Å². The monoisotopic (exact) mass is 501 g/mol. The van der Waals surface area contributed by atoms with E-state index in [0.29, 0.717) is 14.3 Å². The normalized spacial score (nSPS) is 10.4. The Labute approximate surface area is 202 Å². The number of hydrogen-bond donors (Lipinski definition) is 1. The second kappa shape index (κ2) is 12.3. The molecular weight excluding hydrogens is 480 g/mol. The molecule has 0 aromatic heterocycles. The molecule has 0 saturated carbocycles. The van der Waals surface area contributed by atoms with Crippen LogP contribution in [0.3, 0.4) is 0 Å². The van der Waals surface area contributed by atoms with Gasteiger partial charge in [0.2, 0.25) is 0 Å². The molecule has 0 radical (unpaired) electrons. The van der Waals surface area contributed by atoms with Gasteiger partial charge in [-0.05, 0) is 49.4 Å². The van der Waals surface area contributed by atoms with E-state index in [1.807, 2.05) is 18.2 Å². The Morgan fingerprint density at radius 1 is 0.710 bits per heavy atom. The molecule has 1 N–H and O–H groups in total. The summed E-state index contributed by atoms with van der Waals surface area (Å²) in [5, 5.41) is 12.5. The third-order valence-electron chi connectivity index (χ3n) is 4.60. The standard InChI is InChI=1S/C25H22NOP.2ClH.Ti/c1-19-16-17-23(27)25(18-19)28-24-15-9-8-14-22(24)26(20-10-4-2-5-11-20)21-12-6-3-7-13-21;;;/h2-18,27-28H,1H3;2*1H;/q;;;+2/p-2. The van der Waals surface area contributed by atoms with E-state index >= 15 is 0 Å². The number of anilines is 3. The maximum atomic E-state index is 10.4. The minimum atomic E-state index is -0.556. The first kappa shape index (κ1) is 23.9. The Balaban J connectivity index is 0.000000858. The van der Waals surface area contributed by atoms with Crippen molar-refractivity contribution in [3.05, 3.63) is 109 Å². The van der Waals surface area contributed by atoms with Gasteiger partial charge in [0.05, 0.1) is 5.69 Å². The van der Waals surface area contributed by atoms with Gasteiger partial charge in [0.25, 0.3) is 0 Å². The Morgan fingerprint density at radius 3 is 1.81 bits per heavy atom. The van der Waals surface area contributed by atoms with E-state index in [4.69, 9.17) is 18.6 Å². The molecule has 156 valence electrons. The van der Waals surface area contributed by atoms with Crippen LogP contribution >= 0.6 is 27.2 Å². The van der Waals surface area contributed by atoms with Crippen molar-refractivity contribution >= 4 is 54.9 Å². The summed E-state index contributed by atoms with van der Waals surface area (Å²) in [4.78, 5) is 2.27. The molecule has 2 nitrogen and oxygen atoms in total. The Morgan fingerprint density at radius 2 is 1.23 bits per heavy atom. The van der Waals surface area contributed by atoms with Crippen LogP contribution in [0, 0.1) is 6.92 Å². The summed E-state index contributed by atoms with van der Waals surface area (Å²) < 4.78 is 0. The number of nitrogens with zero attached hydrogens (tertiary/aromatic N) is 1. The van der Waals surface area contributed by atoms with Crippen molar-refractivity contribution in [1.29, 1.82) is 0 Å². The van der Waals surface area contributed by atoms with E-state index in [-0.39, 0.29) is 0 Å². The van der Waals surface area contributed by atoms with Gasteiger partial charge in [-0.15, -0.1) is 0 Å². The van der Waals surface area contributed by atoms with E-state index in [1.165, 1.54) is 5.30 Å². The van der Waals surface area contributed by atoms with Crippen LogP contribution in [-0.2, 0) is 17.0 Å². The molecule has 0 spiro atoms. The zero-order valence-corrected chi connectivity index (χ0v) is 21.0. The fraction of sp³-hybridized carbons (Fsp3) is 0.0400. The van der Waals surface area contributed by atoms with E-state index in [0.717, 1.165) is 27.9 Å². The third-order valence-corrected chi connectivity index (χ3v) is 5.96. The number of hydrogen-bond acceptors (Lipinski definition) is 2. The van der Waals surface area contributed by atoms with Crippen LogP contribution in [0.1, 0.15) is 5.56 Å². The van der Waals surface area contributed by atoms with Crippen molar-refractivity contribution < 1.29 is 22.1 Å². The molecule has 0 heterocycles. The molecule has 0 saturated heterocycles. The Bertz CT molecular complexity index is 1060. The molecule has 1 unspecified atom stereocenters. The van der Waals surface area contributed by atoms with Crippen LogP contribution < -0.4 is 15.5 Å². The molecule has 0 aliphatic rings. The summed E-state index contributed by atoms with van der Waals surface area (Å²) in [6.45, 7) is 2.06. The van der Waals surface area contributed by atoms with Crippen LogP contribution in [0.15, 0.2) is 103 Å². The molecule has 0 amide bonds. The van der Waals surface area contributed by atoms with Crippen LogP contribution in [-0.4, -0.2) is 5.11 Å². The van der Waals surface area contributed by atoms with Crippen molar-refractivity contribution in [2.45, 2.75) is 6.92 Å². The first-order valence-corrected chi connectivity index (χ1v) is 15.0. The van der Waals surface area contributed by atoms with Gasteiger partial charge in [-0.25, -0.2) is 0 Å². The average molecular weight is 502 g/mol. The fourth-order valence-electron chi connectivity index (χ4n) is 3.25. The zero-order valence-electron chi connectivity index (χ0n) is 17.0. The fourth-order valence-corrected chi connectivity index (χ4v) is 4.55. The molecule has 0 aliphatic heterocycles. The molecule has 0 bridgehead atoms.